The summed E-state index contributed by atoms with van der Waals surface area (Å²) in [6, 6.07) is 23.6. The lowest BCUT2D eigenvalue weighted by Gasteiger charge is -2.25. The van der Waals surface area contributed by atoms with Gasteiger partial charge in [0.1, 0.15) is 18.1 Å². The second-order valence-electron chi connectivity index (χ2n) is 11.6. The number of hydrogen-bond donors (Lipinski definition) is 3. The summed E-state index contributed by atoms with van der Waals surface area (Å²) >= 11 is 0. The molecule has 0 radical (unpaired) electrons. The van der Waals surface area contributed by atoms with Gasteiger partial charge < -0.3 is 24.7 Å². The largest absolute Gasteiger partial charge is 0.478 e. The number of nitrogens with one attached hydrogen (secondary N) is 2. The lowest BCUT2D eigenvalue weighted by Crippen LogP contribution is -2.44. The number of amides is 2. The number of imidazole rings is 1. The molecule has 2 amide bonds. The fraction of sp³-hybridized carbons (Fsp3) is 0.243. The summed E-state index contributed by atoms with van der Waals surface area (Å²) in [5, 5.41) is 14.7. The van der Waals surface area contributed by atoms with Crippen molar-refractivity contribution < 1.29 is 23.9 Å². The van der Waals surface area contributed by atoms with E-state index >= 15 is 0 Å². The molecule has 234 valence electrons. The van der Waals surface area contributed by atoms with Crippen LogP contribution in [0.3, 0.4) is 0 Å². The van der Waals surface area contributed by atoms with Crippen LogP contribution in [-0.4, -0.2) is 38.5 Å². The van der Waals surface area contributed by atoms with Crippen molar-refractivity contribution in [2.75, 3.05) is 5.32 Å². The Hall–Kier alpha value is -5.44. The van der Waals surface area contributed by atoms with Crippen molar-refractivity contribution >= 4 is 40.6 Å². The van der Waals surface area contributed by atoms with E-state index in [0.717, 1.165) is 46.9 Å². The van der Waals surface area contributed by atoms with Crippen molar-refractivity contribution in [3.63, 3.8) is 0 Å². The zero-order valence-corrected chi connectivity index (χ0v) is 25.4. The van der Waals surface area contributed by atoms with Gasteiger partial charge in [0.2, 0.25) is 5.91 Å². The number of fused-ring (bicyclic) bond motifs is 1. The van der Waals surface area contributed by atoms with E-state index in [4.69, 9.17) is 14.5 Å². The number of hydrogen-bond acceptors (Lipinski definition) is 5. The second-order valence-corrected chi connectivity index (χ2v) is 11.6. The zero-order valence-electron chi connectivity index (χ0n) is 25.4. The molecule has 2 aromatic heterocycles. The normalized spacial score (nSPS) is 14.3. The van der Waals surface area contributed by atoms with Gasteiger partial charge in [0.15, 0.2) is 0 Å². The highest BCUT2D eigenvalue weighted by molar-refractivity contribution is 6.02. The maximum absolute atomic E-state index is 13.7. The van der Waals surface area contributed by atoms with E-state index in [1.165, 1.54) is 25.3 Å². The van der Waals surface area contributed by atoms with Gasteiger partial charge in [-0.3, -0.25) is 9.59 Å². The monoisotopic (exact) mass is 616 g/mol. The summed E-state index contributed by atoms with van der Waals surface area (Å²) in [6.45, 7) is 0. The summed E-state index contributed by atoms with van der Waals surface area (Å²) in [4.78, 5) is 43.0. The number of aliphatic carboxylic acids is 1. The van der Waals surface area contributed by atoms with Gasteiger partial charge in [0.25, 0.3) is 5.91 Å². The minimum Gasteiger partial charge on any atom is -0.478 e. The molecule has 1 aliphatic rings. The van der Waals surface area contributed by atoms with Gasteiger partial charge in [0, 0.05) is 23.4 Å². The fourth-order valence-electron chi connectivity index (χ4n) is 6.08. The van der Waals surface area contributed by atoms with E-state index in [1.807, 2.05) is 42.5 Å². The number of nitrogens with zero attached hydrogens (tertiary/aromatic N) is 2. The Morgan fingerprint density at radius 1 is 0.978 bits per heavy atom. The molecule has 0 aliphatic heterocycles. The Labute approximate surface area is 267 Å². The molecular formula is C37H36N4O5. The predicted octanol–water partition coefficient (Wildman–Crippen LogP) is 7.27. The van der Waals surface area contributed by atoms with Crippen molar-refractivity contribution in [1.29, 1.82) is 0 Å². The molecular weight excluding hydrogens is 580 g/mol. The van der Waals surface area contributed by atoms with Crippen molar-refractivity contribution in [3.8, 4) is 11.4 Å². The zero-order chi connectivity index (χ0) is 31.9. The highest BCUT2D eigenvalue weighted by atomic mass is 16.4. The predicted molar refractivity (Wildman–Crippen MR) is 177 cm³/mol. The first-order chi connectivity index (χ1) is 22.4. The molecule has 0 saturated heterocycles. The Balaban J connectivity index is 1.23. The van der Waals surface area contributed by atoms with Gasteiger partial charge in [-0.2, -0.15) is 0 Å². The van der Waals surface area contributed by atoms with Gasteiger partial charge in [-0.1, -0.05) is 61.7 Å². The molecule has 3 N–H and O–H groups in total. The van der Waals surface area contributed by atoms with E-state index in [0.29, 0.717) is 35.7 Å². The molecule has 0 unspecified atom stereocenters. The Bertz CT molecular complexity index is 1840. The Morgan fingerprint density at radius 2 is 1.76 bits per heavy atom. The molecule has 46 heavy (non-hydrogen) atoms. The molecule has 9 nitrogen and oxygen atoms in total. The molecule has 0 spiro atoms. The summed E-state index contributed by atoms with van der Waals surface area (Å²) in [6.07, 6.45) is 12.6. The van der Waals surface area contributed by atoms with Crippen LogP contribution >= 0.6 is 0 Å². The topological polar surface area (TPSA) is 126 Å². The standard InChI is InChI=1S/C37H36N4O5/c42-34(43)20-14-26-11-16-29(17-12-26)38-37(45)31(18-13-25-7-3-1-4-8-25)40-36(44)27-15-19-33-32(23-27)39-35(28-21-22-46-24-28)41(33)30-9-5-2-6-10-30/h1,3-4,7-8,11-12,14-17,19-24,30-31H,2,5-6,9-10,13,18H2,(H,38,45)(H,40,44)(H,42,43)/b20-14+/t31-/m1/s1. The molecule has 6 rings (SSSR count). The van der Waals surface area contributed by atoms with Crippen LogP contribution in [0.25, 0.3) is 28.5 Å². The van der Waals surface area contributed by atoms with Crippen LogP contribution < -0.4 is 10.6 Å². The highest BCUT2D eigenvalue weighted by Gasteiger charge is 2.25. The lowest BCUT2D eigenvalue weighted by molar-refractivity contribution is -0.131. The average molecular weight is 617 g/mol. The van der Waals surface area contributed by atoms with Gasteiger partial charge in [0.05, 0.1) is 22.9 Å². The van der Waals surface area contributed by atoms with E-state index in [9.17, 15) is 14.4 Å². The number of benzene rings is 3. The summed E-state index contributed by atoms with van der Waals surface area (Å²) < 4.78 is 7.67. The molecule has 1 atom stereocenters. The number of furan rings is 1. The minimum atomic E-state index is -1.04. The summed E-state index contributed by atoms with van der Waals surface area (Å²) in [7, 11) is 0. The van der Waals surface area contributed by atoms with Gasteiger partial charge >= 0.3 is 5.97 Å². The van der Waals surface area contributed by atoms with Crippen LogP contribution in [0.2, 0.25) is 0 Å². The summed E-state index contributed by atoms with van der Waals surface area (Å²) in [5.41, 5.74) is 5.30. The van der Waals surface area contributed by atoms with Crippen LogP contribution in [0.15, 0.2) is 102 Å². The number of rotatable bonds is 11. The van der Waals surface area contributed by atoms with E-state index < -0.39 is 12.0 Å². The number of anilines is 1. The number of aromatic nitrogens is 2. The van der Waals surface area contributed by atoms with Gasteiger partial charge in [-0.25, -0.2) is 9.78 Å². The molecule has 2 heterocycles. The van der Waals surface area contributed by atoms with Crippen molar-refractivity contribution in [3.05, 3.63) is 114 Å². The maximum atomic E-state index is 13.7. The van der Waals surface area contributed by atoms with Crippen LogP contribution in [0, 0.1) is 0 Å². The molecule has 1 saturated carbocycles. The number of carbonyl (C=O) groups excluding carboxylic acids is 2. The number of carboxylic acid groups (broad SMARTS) is 1. The third-order valence-electron chi connectivity index (χ3n) is 8.45. The lowest BCUT2D eigenvalue weighted by atomic mass is 9.95. The Kier molecular flexibility index (Phi) is 9.38. The first kappa shape index (κ1) is 30.6. The quantitative estimate of drug-likeness (QED) is 0.134. The van der Waals surface area contributed by atoms with E-state index in [1.54, 1.807) is 48.9 Å². The van der Waals surface area contributed by atoms with Crippen LogP contribution in [0.4, 0.5) is 5.69 Å². The Morgan fingerprint density at radius 3 is 2.48 bits per heavy atom. The smallest absolute Gasteiger partial charge is 0.328 e. The van der Waals surface area contributed by atoms with Crippen LogP contribution in [0.5, 0.6) is 0 Å². The van der Waals surface area contributed by atoms with Gasteiger partial charge in [-0.05, 0) is 79.3 Å². The molecule has 5 aromatic rings. The SMILES string of the molecule is O=C(O)/C=C/c1ccc(NC(=O)[C@@H](CCc2ccccc2)NC(=O)c2ccc3c(c2)nc(-c2ccoc2)n3C2CCCCC2)cc1. The fourth-order valence-corrected chi connectivity index (χ4v) is 6.08. The maximum Gasteiger partial charge on any atom is 0.328 e. The summed E-state index contributed by atoms with van der Waals surface area (Å²) in [5.74, 6) is -0.911. The molecule has 0 bridgehead atoms. The molecule has 3 aromatic carbocycles. The van der Waals surface area contributed by atoms with Gasteiger partial charge in [-0.15, -0.1) is 0 Å². The minimum absolute atomic E-state index is 0.330. The van der Waals surface area contributed by atoms with E-state index in [2.05, 4.69) is 15.2 Å². The van der Waals surface area contributed by atoms with Crippen molar-refractivity contribution in [1.82, 2.24) is 14.9 Å². The molecule has 1 fully saturated rings. The first-order valence-corrected chi connectivity index (χ1v) is 15.7. The number of carbonyl (C=O) groups is 3. The van der Waals surface area contributed by atoms with Crippen molar-refractivity contribution in [2.45, 2.75) is 57.0 Å². The van der Waals surface area contributed by atoms with E-state index in [-0.39, 0.29) is 11.8 Å². The van der Waals surface area contributed by atoms with Crippen LogP contribution in [0.1, 0.15) is 66.1 Å². The van der Waals surface area contributed by atoms with Crippen molar-refractivity contribution in [2.24, 2.45) is 0 Å². The second kappa shape index (κ2) is 14.1. The number of aryl methyl sites for hydroxylation is 1. The first-order valence-electron chi connectivity index (χ1n) is 15.7. The molecule has 9 heteroatoms. The third-order valence-corrected chi connectivity index (χ3v) is 8.45. The highest BCUT2D eigenvalue weighted by Crippen LogP contribution is 2.36. The number of carboxylic acids is 1. The average Bonchev–Trinajstić information content (AvgIpc) is 3.75. The third kappa shape index (κ3) is 7.26. The molecule has 1 aliphatic carbocycles. The van der Waals surface area contributed by atoms with Crippen LogP contribution in [-0.2, 0) is 16.0 Å².